The number of β-amino-alcohol motifs (C(OH)–C–C–N with tert-alkyl or cyclic N) is 1. The first-order valence-corrected chi connectivity index (χ1v) is 8.22. The smallest absolute Gasteiger partial charge is 0.0693 e. The molecule has 0 saturated carbocycles. The van der Waals surface area contributed by atoms with Crippen LogP contribution in [-0.4, -0.2) is 61.5 Å². The molecule has 20 heavy (non-hydrogen) atoms. The minimum absolute atomic E-state index is 0.164. The highest BCUT2D eigenvalue weighted by Gasteiger charge is 2.36. The lowest BCUT2D eigenvalue weighted by Gasteiger charge is -2.44. The van der Waals surface area contributed by atoms with E-state index in [1.165, 1.54) is 6.42 Å². The molecular formula is C16H32N2O2. The summed E-state index contributed by atoms with van der Waals surface area (Å²) >= 11 is 0. The molecule has 2 heterocycles. The lowest BCUT2D eigenvalue weighted by Crippen LogP contribution is -2.53. The molecule has 3 unspecified atom stereocenters. The van der Waals surface area contributed by atoms with Gasteiger partial charge in [0.1, 0.15) is 0 Å². The maximum atomic E-state index is 10.1. The van der Waals surface area contributed by atoms with Crippen molar-refractivity contribution in [3.05, 3.63) is 0 Å². The van der Waals surface area contributed by atoms with Gasteiger partial charge in [-0.1, -0.05) is 20.8 Å². The summed E-state index contributed by atoms with van der Waals surface area (Å²) in [4.78, 5) is 2.45. The average molecular weight is 284 g/mol. The van der Waals surface area contributed by atoms with E-state index in [9.17, 15) is 5.11 Å². The summed E-state index contributed by atoms with van der Waals surface area (Å²) in [6.07, 6.45) is 3.33. The topological polar surface area (TPSA) is 44.7 Å². The third-order valence-corrected chi connectivity index (χ3v) is 4.85. The lowest BCUT2D eigenvalue weighted by molar-refractivity contribution is -0.0471. The van der Waals surface area contributed by atoms with Gasteiger partial charge < -0.3 is 20.1 Å². The Morgan fingerprint density at radius 2 is 2.25 bits per heavy atom. The zero-order valence-corrected chi connectivity index (χ0v) is 13.4. The fraction of sp³-hybridized carbons (Fsp3) is 1.00. The number of piperidine rings is 1. The summed E-state index contributed by atoms with van der Waals surface area (Å²) in [6.45, 7) is 12.3. The van der Waals surface area contributed by atoms with E-state index in [2.05, 4.69) is 31.0 Å². The molecule has 2 aliphatic rings. The van der Waals surface area contributed by atoms with Crippen LogP contribution in [0.25, 0.3) is 0 Å². The zero-order valence-electron chi connectivity index (χ0n) is 13.4. The fourth-order valence-electron chi connectivity index (χ4n) is 3.38. The van der Waals surface area contributed by atoms with Crippen molar-refractivity contribution in [1.29, 1.82) is 0 Å². The van der Waals surface area contributed by atoms with Gasteiger partial charge in [-0.3, -0.25) is 0 Å². The summed E-state index contributed by atoms with van der Waals surface area (Å²) in [5.74, 6) is 0.443. The van der Waals surface area contributed by atoms with Crippen LogP contribution in [-0.2, 0) is 4.74 Å². The summed E-state index contributed by atoms with van der Waals surface area (Å²) in [6, 6.07) is 0.515. The van der Waals surface area contributed by atoms with Gasteiger partial charge in [0.2, 0.25) is 0 Å². The molecule has 4 nitrogen and oxygen atoms in total. The SMILES string of the molecule is CC(C)NCC1(CN2CCC(C)C(O)C2)CCCOC1. The zero-order chi connectivity index (χ0) is 14.6. The standard InChI is InChI=1S/C16H32N2O2/c1-13(2)17-10-16(6-4-8-20-12-16)11-18-7-5-14(3)15(19)9-18/h13-15,17,19H,4-12H2,1-3H3. The number of nitrogens with zero attached hydrogens (tertiary/aromatic N) is 1. The van der Waals surface area contributed by atoms with E-state index in [-0.39, 0.29) is 11.5 Å². The van der Waals surface area contributed by atoms with Crippen molar-refractivity contribution >= 4 is 0 Å². The van der Waals surface area contributed by atoms with Crippen molar-refractivity contribution < 1.29 is 9.84 Å². The minimum atomic E-state index is -0.164. The van der Waals surface area contributed by atoms with E-state index in [1.54, 1.807) is 0 Å². The fourth-order valence-corrected chi connectivity index (χ4v) is 3.38. The van der Waals surface area contributed by atoms with Crippen LogP contribution in [0.2, 0.25) is 0 Å². The largest absolute Gasteiger partial charge is 0.392 e. The normalized spacial score (nSPS) is 36.5. The van der Waals surface area contributed by atoms with Crippen molar-refractivity contribution in [2.45, 2.75) is 52.2 Å². The van der Waals surface area contributed by atoms with Crippen molar-refractivity contribution in [3.63, 3.8) is 0 Å². The van der Waals surface area contributed by atoms with Crippen LogP contribution >= 0.6 is 0 Å². The second-order valence-electron chi connectivity index (χ2n) is 7.26. The number of aliphatic hydroxyl groups is 1. The van der Waals surface area contributed by atoms with Gasteiger partial charge >= 0.3 is 0 Å². The predicted octanol–water partition coefficient (Wildman–Crippen LogP) is 1.48. The minimum Gasteiger partial charge on any atom is -0.392 e. The molecule has 0 bridgehead atoms. The Hall–Kier alpha value is -0.160. The molecule has 2 aliphatic heterocycles. The van der Waals surface area contributed by atoms with Crippen LogP contribution in [0.1, 0.15) is 40.0 Å². The first-order chi connectivity index (χ1) is 9.51. The molecule has 0 amide bonds. The molecule has 2 N–H and O–H groups in total. The summed E-state index contributed by atoms with van der Waals surface area (Å²) < 4.78 is 5.78. The molecular weight excluding hydrogens is 252 g/mol. The van der Waals surface area contributed by atoms with Crippen molar-refractivity contribution in [2.24, 2.45) is 11.3 Å². The second-order valence-corrected chi connectivity index (χ2v) is 7.26. The van der Waals surface area contributed by atoms with Gasteiger partial charge in [0, 0.05) is 37.7 Å². The van der Waals surface area contributed by atoms with E-state index in [4.69, 9.17) is 4.74 Å². The number of hydrogen-bond acceptors (Lipinski definition) is 4. The van der Waals surface area contributed by atoms with Gasteiger partial charge in [-0.05, 0) is 31.7 Å². The molecule has 4 heteroatoms. The van der Waals surface area contributed by atoms with Crippen molar-refractivity contribution in [3.8, 4) is 0 Å². The van der Waals surface area contributed by atoms with Crippen molar-refractivity contribution in [1.82, 2.24) is 10.2 Å². The second kappa shape index (κ2) is 7.21. The molecule has 0 aliphatic carbocycles. The Morgan fingerprint density at radius 1 is 1.45 bits per heavy atom. The molecule has 0 aromatic rings. The molecule has 3 atom stereocenters. The quantitative estimate of drug-likeness (QED) is 0.803. The average Bonchev–Trinajstić information content (AvgIpc) is 2.42. The number of rotatable bonds is 5. The number of aliphatic hydroxyl groups excluding tert-OH is 1. The monoisotopic (exact) mass is 284 g/mol. The van der Waals surface area contributed by atoms with Crippen molar-refractivity contribution in [2.75, 3.05) is 39.4 Å². The Kier molecular flexibility index (Phi) is 5.84. The van der Waals surface area contributed by atoms with Gasteiger partial charge in [-0.2, -0.15) is 0 Å². The Balaban J connectivity index is 1.93. The van der Waals surface area contributed by atoms with Gasteiger partial charge in [-0.15, -0.1) is 0 Å². The Labute approximate surface area is 123 Å². The van der Waals surface area contributed by atoms with E-state index >= 15 is 0 Å². The molecule has 2 saturated heterocycles. The maximum absolute atomic E-state index is 10.1. The number of nitrogens with one attached hydrogen (secondary N) is 1. The Morgan fingerprint density at radius 3 is 2.85 bits per heavy atom. The van der Waals surface area contributed by atoms with Crippen LogP contribution in [0.5, 0.6) is 0 Å². The molecule has 2 rings (SSSR count). The number of likely N-dealkylation sites (tertiary alicyclic amines) is 1. The van der Waals surface area contributed by atoms with E-state index in [0.29, 0.717) is 12.0 Å². The summed E-state index contributed by atoms with van der Waals surface area (Å²) in [7, 11) is 0. The lowest BCUT2D eigenvalue weighted by atomic mass is 9.80. The highest BCUT2D eigenvalue weighted by atomic mass is 16.5. The molecule has 0 spiro atoms. The maximum Gasteiger partial charge on any atom is 0.0693 e. The Bertz CT molecular complexity index is 290. The molecule has 118 valence electrons. The third kappa shape index (κ3) is 4.42. The van der Waals surface area contributed by atoms with Crippen LogP contribution < -0.4 is 5.32 Å². The van der Waals surface area contributed by atoms with E-state index in [1.807, 2.05) is 0 Å². The highest BCUT2D eigenvalue weighted by molar-refractivity contribution is 4.90. The molecule has 0 aromatic carbocycles. The molecule has 2 fully saturated rings. The van der Waals surface area contributed by atoms with Gasteiger partial charge in [-0.25, -0.2) is 0 Å². The number of hydrogen-bond donors (Lipinski definition) is 2. The third-order valence-electron chi connectivity index (χ3n) is 4.85. The van der Waals surface area contributed by atoms with Gasteiger partial charge in [0.15, 0.2) is 0 Å². The molecule has 0 aromatic heterocycles. The van der Waals surface area contributed by atoms with Crippen LogP contribution in [0.3, 0.4) is 0 Å². The summed E-state index contributed by atoms with van der Waals surface area (Å²) in [5.41, 5.74) is 0.225. The number of ether oxygens (including phenoxy) is 1. The van der Waals surface area contributed by atoms with E-state index < -0.39 is 0 Å². The van der Waals surface area contributed by atoms with E-state index in [0.717, 1.165) is 52.2 Å². The predicted molar refractivity (Wildman–Crippen MR) is 81.9 cm³/mol. The highest BCUT2D eigenvalue weighted by Crippen LogP contribution is 2.31. The van der Waals surface area contributed by atoms with Gasteiger partial charge in [0.25, 0.3) is 0 Å². The molecule has 0 radical (unpaired) electrons. The van der Waals surface area contributed by atoms with Gasteiger partial charge in [0.05, 0.1) is 12.7 Å². The first kappa shape index (κ1) is 16.2. The van der Waals surface area contributed by atoms with Crippen LogP contribution in [0.15, 0.2) is 0 Å². The summed E-state index contributed by atoms with van der Waals surface area (Å²) in [5, 5.41) is 13.7. The van der Waals surface area contributed by atoms with Crippen LogP contribution in [0.4, 0.5) is 0 Å². The van der Waals surface area contributed by atoms with Crippen LogP contribution in [0, 0.1) is 11.3 Å². The first-order valence-electron chi connectivity index (χ1n) is 8.22.